The number of thiazole rings is 1. The van der Waals surface area contributed by atoms with E-state index in [1.807, 2.05) is 33.2 Å². The number of nitrogens with one attached hydrogen (secondary N) is 1. The molecule has 5 nitrogen and oxygen atoms in total. The third-order valence-corrected chi connectivity index (χ3v) is 5.89. The van der Waals surface area contributed by atoms with Crippen molar-refractivity contribution >= 4 is 17.4 Å². The van der Waals surface area contributed by atoms with Crippen LogP contribution in [0.1, 0.15) is 71.2 Å². The Morgan fingerprint density at radius 2 is 1.83 bits per heavy atom. The van der Waals surface area contributed by atoms with Gasteiger partial charge in [-0.1, -0.05) is 38.1 Å². The molecule has 0 aliphatic carbocycles. The Kier molecular flexibility index (Phi) is 7.83. The number of amides is 1. The van der Waals surface area contributed by atoms with Crippen molar-refractivity contribution in [1.82, 2.24) is 10.3 Å². The van der Waals surface area contributed by atoms with E-state index in [9.17, 15) is 9.90 Å². The van der Waals surface area contributed by atoms with E-state index in [1.54, 1.807) is 11.3 Å². The van der Waals surface area contributed by atoms with Crippen LogP contribution in [0.5, 0.6) is 0 Å². The zero-order chi connectivity index (χ0) is 21.7. The molecule has 1 heterocycles. The van der Waals surface area contributed by atoms with Crippen molar-refractivity contribution in [3.8, 4) is 10.4 Å². The molecule has 0 fully saturated rings. The second-order valence-corrected chi connectivity index (χ2v) is 10.1. The van der Waals surface area contributed by atoms with Crippen LogP contribution in [0.2, 0.25) is 0 Å². The van der Waals surface area contributed by atoms with Crippen LogP contribution in [0.3, 0.4) is 0 Å². The summed E-state index contributed by atoms with van der Waals surface area (Å²) in [5.41, 5.74) is 4.51. The molecule has 0 aliphatic rings. The number of carbonyl (C=O) groups is 1. The van der Waals surface area contributed by atoms with Crippen molar-refractivity contribution in [2.75, 3.05) is 6.61 Å². The fourth-order valence-electron chi connectivity index (χ4n) is 3.18. The number of rotatable bonds is 8. The highest BCUT2D eigenvalue weighted by atomic mass is 32.1. The van der Waals surface area contributed by atoms with Crippen molar-refractivity contribution < 1.29 is 14.6 Å². The Morgan fingerprint density at radius 1 is 1.17 bits per heavy atom. The highest BCUT2D eigenvalue weighted by molar-refractivity contribution is 7.13. The van der Waals surface area contributed by atoms with E-state index in [1.165, 1.54) is 0 Å². The minimum atomic E-state index is -0.543. The first-order valence-electron chi connectivity index (χ1n) is 10.1. The lowest BCUT2D eigenvalue weighted by Gasteiger charge is -2.28. The molecular formula is C23H34N2O3S. The average molecular weight is 419 g/mol. The molecule has 160 valence electrons. The van der Waals surface area contributed by atoms with Gasteiger partial charge in [0.15, 0.2) is 0 Å². The lowest BCUT2D eigenvalue weighted by Crippen LogP contribution is -2.35. The van der Waals surface area contributed by atoms with E-state index in [4.69, 9.17) is 4.74 Å². The summed E-state index contributed by atoms with van der Waals surface area (Å²) < 4.78 is 5.47. The summed E-state index contributed by atoms with van der Waals surface area (Å²) in [5.74, 6) is 0. The number of aryl methyl sites for hydroxylation is 1. The smallest absolute Gasteiger partial charge is 0.408 e. The van der Waals surface area contributed by atoms with Gasteiger partial charge in [0.25, 0.3) is 0 Å². The van der Waals surface area contributed by atoms with Crippen LogP contribution >= 0.6 is 11.3 Å². The Balaban J connectivity index is 2.19. The van der Waals surface area contributed by atoms with Gasteiger partial charge in [0.1, 0.15) is 5.60 Å². The summed E-state index contributed by atoms with van der Waals surface area (Å²) in [6.07, 6.45) is 1.97. The Morgan fingerprint density at radius 3 is 2.34 bits per heavy atom. The molecule has 1 amide bonds. The van der Waals surface area contributed by atoms with Crippen LogP contribution in [0, 0.1) is 12.3 Å². The molecule has 0 saturated heterocycles. The van der Waals surface area contributed by atoms with Crippen LogP contribution in [0.4, 0.5) is 4.79 Å². The van der Waals surface area contributed by atoms with Gasteiger partial charge < -0.3 is 15.2 Å². The molecular weight excluding hydrogens is 384 g/mol. The van der Waals surface area contributed by atoms with Gasteiger partial charge in [-0.2, -0.15) is 0 Å². The van der Waals surface area contributed by atoms with Gasteiger partial charge in [0.2, 0.25) is 0 Å². The number of aliphatic hydroxyl groups is 1. The van der Waals surface area contributed by atoms with Crippen LogP contribution in [0.25, 0.3) is 10.4 Å². The maximum atomic E-state index is 12.4. The Hall–Kier alpha value is -1.92. The van der Waals surface area contributed by atoms with E-state index in [0.717, 1.165) is 41.0 Å². The molecule has 0 aliphatic heterocycles. The molecule has 29 heavy (non-hydrogen) atoms. The van der Waals surface area contributed by atoms with Gasteiger partial charge in [-0.05, 0) is 63.5 Å². The number of hydrogen-bond donors (Lipinski definition) is 2. The number of hydrogen-bond acceptors (Lipinski definition) is 5. The van der Waals surface area contributed by atoms with Crippen molar-refractivity contribution in [3.63, 3.8) is 0 Å². The van der Waals surface area contributed by atoms with Crippen LogP contribution < -0.4 is 5.32 Å². The van der Waals surface area contributed by atoms with Crippen molar-refractivity contribution in [2.45, 2.75) is 72.4 Å². The summed E-state index contributed by atoms with van der Waals surface area (Å²) in [6.45, 7) is 12.0. The van der Waals surface area contributed by atoms with E-state index >= 15 is 0 Å². The minimum absolute atomic E-state index is 0.00228. The molecule has 2 rings (SSSR count). The van der Waals surface area contributed by atoms with Crippen molar-refractivity contribution in [1.29, 1.82) is 0 Å². The standard InChI is InChI=1S/C23H34N2O3S/c1-16-20(29-15-24-16)18-9-7-17(8-10-18)19(11-12-23(5,6)13-14-26)25-21(27)28-22(2,3)4/h7-10,15,19,26H,11-14H2,1-6H3,(H,25,27)/t19-/m1/s1. The molecule has 1 aromatic heterocycles. The topological polar surface area (TPSA) is 71.5 Å². The number of nitrogens with zero attached hydrogens (tertiary/aromatic N) is 1. The third kappa shape index (κ3) is 7.44. The van der Waals surface area contributed by atoms with Gasteiger partial charge in [-0.25, -0.2) is 9.78 Å². The maximum absolute atomic E-state index is 12.4. The summed E-state index contributed by atoms with van der Waals surface area (Å²) in [4.78, 5) is 17.9. The largest absolute Gasteiger partial charge is 0.444 e. The molecule has 0 unspecified atom stereocenters. The lowest BCUT2D eigenvalue weighted by molar-refractivity contribution is 0.0495. The van der Waals surface area contributed by atoms with Crippen LogP contribution in [-0.2, 0) is 4.74 Å². The van der Waals surface area contributed by atoms with Gasteiger partial charge in [0.05, 0.1) is 22.1 Å². The highest BCUT2D eigenvalue weighted by Gasteiger charge is 2.24. The molecule has 0 radical (unpaired) electrons. The average Bonchev–Trinajstić information content (AvgIpc) is 3.03. The summed E-state index contributed by atoms with van der Waals surface area (Å²) >= 11 is 1.63. The van der Waals surface area contributed by atoms with Gasteiger partial charge in [-0.3, -0.25) is 0 Å². The number of aliphatic hydroxyl groups excluding tert-OH is 1. The molecule has 0 spiro atoms. The van der Waals surface area contributed by atoms with Crippen LogP contribution in [0.15, 0.2) is 29.8 Å². The summed E-state index contributed by atoms with van der Waals surface area (Å²) in [5, 5.41) is 12.3. The first-order valence-corrected chi connectivity index (χ1v) is 11.0. The molecule has 0 saturated carbocycles. The fourth-order valence-corrected chi connectivity index (χ4v) is 3.99. The quantitative estimate of drug-likeness (QED) is 0.562. The molecule has 2 aromatic rings. The third-order valence-electron chi connectivity index (χ3n) is 4.91. The number of aromatic nitrogens is 1. The van der Waals surface area contributed by atoms with Gasteiger partial charge >= 0.3 is 6.09 Å². The van der Waals surface area contributed by atoms with E-state index in [-0.39, 0.29) is 18.1 Å². The first-order chi connectivity index (χ1) is 13.5. The minimum Gasteiger partial charge on any atom is -0.444 e. The normalized spacial score (nSPS) is 13.2. The van der Waals surface area contributed by atoms with E-state index in [2.05, 4.69) is 48.4 Å². The monoisotopic (exact) mass is 418 g/mol. The maximum Gasteiger partial charge on any atom is 0.408 e. The predicted molar refractivity (Wildman–Crippen MR) is 119 cm³/mol. The summed E-state index contributed by atoms with van der Waals surface area (Å²) in [6, 6.07) is 8.14. The van der Waals surface area contributed by atoms with Gasteiger partial charge in [0, 0.05) is 6.61 Å². The van der Waals surface area contributed by atoms with Crippen molar-refractivity contribution in [2.24, 2.45) is 5.41 Å². The van der Waals surface area contributed by atoms with Gasteiger partial charge in [-0.15, -0.1) is 11.3 Å². The molecule has 6 heteroatoms. The Labute approximate surface area is 178 Å². The second-order valence-electron chi connectivity index (χ2n) is 9.26. The fraction of sp³-hybridized carbons (Fsp3) is 0.565. The Bertz CT molecular complexity index is 791. The van der Waals surface area contributed by atoms with E-state index in [0.29, 0.717) is 0 Å². The summed E-state index contributed by atoms with van der Waals surface area (Å²) in [7, 11) is 0. The molecule has 0 bridgehead atoms. The zero-order valence-corrected chi connectivity index (χ0v) is 19.2. The lowest BCUT2D eigenvalue weighted by atomic mass is 9.82. The number of benzene rings is 1. The molecule has 1 aromatic carbocycles. The second kappa shape index (κ2) is 9.72. The molecule has 1 atom stereocenters. The van der Waals surface area contributed by atoms with Crippen molar-refractivity contribution in [3.05, 3.63) is 41.0 Å². The number of carbonyl (C=O) groups excluding carboxylic acids is 1. The highest BCUT2D eigenvalue weighted by Crippen LogP contribution is 2.33. The van der Waals surface area contributed by atoms with Crippen LogP contribution in [-0.4, -0.2) is 28.4 Å². The van der Waals surface area contributed by atoms with E-state index < -0.39 is 11.7 Å². The number of ether oxygens (including phenoxy) is 1. The zero-order valence-electron chi connectivity index (χ0n) is 18.4. The first kappa shape index (κ1) is 23.4. The predicted octanol–water partition coefficient (Wildman–Crippen LogP) is 5.87. The molecule has 2 N–H and O–H groups in total. The number of alkyl carbamates (subject to hydrolysis) is 1. The SMILES string of the molecule is Cc1ncsc1-c1ccc([C@@H](CCC(C)(C)CCO)NC(=O)OC(C)(C)C)cc1.